The Morgan fingerprint density at radius 3 is 2.38 bits per heavy atom. The summed E-state index contributed by atoms with van der Waals surface area (Å²) in [7, 11) is -3.38. The Bertz CT molecular complexity index is 454. The fraction of sp³-hybridized carbons (Fsp3) is 0.556. The van der Waals surface area contributed by atoms with E-state index in [0.29, 0.717) is 27.7 Å². The van der Waals surface area contributed by atoms with Crippen molar-refractivity contribution in [2.45, 2.75) is 24.6 Å². The molecule has 1 aromatic rings. The summed E-state index contributed by atoms with van der Waals surface area (Å²) in [4.78, 5) is 1.16. The van der Waals surface area contributed by atoms with Crippen LogP contribution < -0.4 is 0 Å². The smallest absolute Gasteiger partial charge is 0.207 e. The van der Waals surface area contributed by atoms with Gasteiger partial charge in [0.2, 0.25) is 10.0 Å². The van der Waals surface area contributed by atoms with Gasteiger partial charge in [0.25, 0.3) is 0 Å². The van der Waals surface area contributed by atoms with Crippen LogP contribution in [0.1, 0.15) is 18.7 Å². The molecule has 0 atom stereocenters. The van der Waals surface area contributed by atoms with Crippen molar-refractivity contribution >= 4 is 48.9 Å². The fourth-order valence-corrected chi connectivity index (χ4v) is 5.52. The Kier molecular flexibility index (Phi) is 5.25. The van der Waals surface area contributed by atoms with E-state index >= 15 is 0 Å². The molecule has 0 spiro atoms. The molecule has 1 aromatic heterocycles. The van der Waals surface area contributed by atoms with E-state index in [2.05, 4.69) is 15.9 Å². The van der Waals surface area contributed by atoms with Crippen LogP contribution in [0.2, 0.25) is 0 Å². The van der Waals surface area contributed by atoms with Crippen LogP contribution in [0, 0.1) is 0 Å². The molecule has 1 rings (SSSR count). The minimum absolute atomic E-state index is 0.317. The normalized spacial score (nSPS) is 12.3. The third-order valence-corrected chi connectivity index (χ3v) is 6.91. The van der Waals surface area contributed by atoms with E-state index < -0.39 is 10.0 Å². The zero-order chi connectivity index (χ0) is 12.3. The number of thiophene rings is 1. The summed E-state index contributed by atoms with van der Waals surface area (Å²) < 4.78 is 26.5. The number of hydrogen-bond acceptors (Lipinski definition) is 3. The zero-order valence-corrected chi connectivity index (χ0v) is 13.0. The van der Waals surface area contributed by atoms with E-state index in [1.807, 2.05) is 13.8 Å². The Balaban J connectivity index is 3.21. The van der Waals surface area contributed by atoms with Crippen LogP contribution in [0.5, 0.6) is 0 Å². The first kappa shape index (κ1) is 14.4. The highest BCUT2D eigenvalue weighted by molar-refractivity contribution is 9.11. The summed E-state index contributed by atoms with van der Waals surface area (Å²) in [6.45, 7) is 4.59. The molecule has 1 heterocycles. The van der Waals surface area contributed by atoms with Gasteiger partial charge < -0.3 is 0 Å². The number of halogens is 2. The average molecular weight is 347 g/mol. The maximum atomic E-state index is 12.2. The van der Waals surface area contributed by atoms with Gasteiger partial charge in [0, 0.05) is 18.0 Å². The number of rotatable bonds is 5. The number of hydrogen-bond donors (Lipinski definition) is 0. The molecule has 0 bridgehead atoms. The van der Waals surface area contributed by atoms with Gasteiger partial charge in [-0.15, -0.1) is 22.9 Å². The van der Waals surface area contributed by atoms with Crippen LogP contribution in [0.3, 0.4) is 0 Å². The molecule has 0 N–H and O–H groups in total. The molecule has 0 aliphatic heterocycles. The highest BCUT2D eigenvalue weighted by Gasteiger charge is 2.25. The van der Waals surface area contributed by atoms with Gasteiger partial charge in [-0.3, -0.25) is 0 Å². The number of sulfonamides is 1. The van der Waals surface area contributed by atoms with Gasteiger partial charge >= 0.3 is 0 Å². The van der Waals surface area contributed by atoms with Crippen molar-refractivity contribution in [3.8, 4) is 0 Å². The summed E-state index contributed by atoms with van der Waals surface area (Å²) in [5.41, 5.74) is 0. The largest absolute Gasteiger partial charge is 0.245 e. The lowest BCUT2D eigenvalue weighted by molar-refractivity contribution is 0.445. The highest BCUT2D eigenvalue weighted by Crippen LogP contribution is 2.34. The van der Waals surface area contributed by atoms with Crippen LogP contribution >= 0.6 is 38.9 Å². The summed E-state index contributed by atoms with van der Waals surface area (Å²) in [5, 5.41) is 0. The van der Waals surface area contributed by atoms with E-state index in [4.69, 9.17) is 11.6 Å². The summed E-state index contributed by atoms with van der Waals surface area (Å²) in [6.07, 6.45) is 0. The van der Waals surface area contributed by atoms with E-state index in [1.165, 1.54) is 15.6 Å². The van der Waals surface area contributed by atoms with E-state index in [0.717, 1.165) is 4.88 Å². The van der Waals surface area contributed by atoms with Crippen LogP contribution in [0.4, 0.5) is 0 Å². The molecule has 0 aliphatic rings. The van der Waals surface area contributed by atoms with Crippen molar-refractivity contribution < 1.29 is 8.42 Å². The predicted molar refractivity (Wildman–Crippen MR) is 71.7 cm³/mol. The molecular weight excluding hydrogens is 334 g/mol. The van der Waals surface area contributed by atoms with E-state index in [9.17, 15) is 8.42 Å². The molecular formula is C9H13BrClNO2S2. The second-order valence-electron chi connectivity index (χ2n) is 3.07. The third-order valence-electron chi connectivity index (χ3n) is 2.16. The van der Waals surface area contributed by atoms with Gasteiger partial charge in [-0.25, -0.2) is 8.42 Å². The standard InChI is InChI=1S/C9H13BrClNO2S2/c1-3-12(4-2)16(13,14)8-5-7(6-11)15-9(8)10/h5H,3-4,6H2,1-2H3. The van der Waals surface area contributed by atoms with Crippen molar-refractivity contribution in [3.63, 3.8) is 0 Å². The molecule has 16 heavy (non-hydrogen) atoms. The van der Waals surface area contributed by atoms with Crippen molar-refractivity contribution in [2.75, 3.05) is 13.1 Å². The molecule has 0 amide bonds. The van der Waals surface area contributed by atoms with Crippen LogP contribution in [0.25, 0.3) is 0 Å². The summed E-state index contributed by atoms with van der Waals surface area (Å²) in [6, 6.07) is 1.63. The van der Waals surface area contributed by atoms with Crippen molar-refractivity contribution in [1.82, 2.24) is 4.31 Å². The Labute approximate surface area is 114 Å². The average Bonchev–Trinajstić information content (AvgIpc) is 2.61. The predicted octanol–water partition coefficient (Wildman–Crippen LogP) is 3.28. The van der Waals surface area contributed by atoms with Gasteiger partial charge in [-0.05, 0) is 22.0 Å². The lowest BCUT2D eigenvalue weighted by atomic mass is 10.5. The highest BCUT2D eigenvalue weighted by atomic mass is 79.9. The molecule has 0 aromatic carbocycles. The molecule has 0 radical (unpaired) electrons. The van der Waals surface area contributed by atoms with Crippen molar-refractivity contribution in [3.05, 3.63) is 14.7 Å². The molecule has 0 saturated carbocycles. The molecule has 0 saturated heterocycles. The van der Waals surface area contributed by atoms with E-state index in [1.54, 1.807) is 6.07 Å². The second kappa shape index (κ2) is 5.82. The first-order valence-corrected chi connectivity index (χ1v) is 8.40. The SMILES string of the molecule is CCN(CC)S(=O)(=O)c1cc(CCl)sc1Br. The summed E-state index contributed by atoms with van der Waals surface area (Å²) in [5.74, 6) is 0.330. The summed E-state index contributed by atoms with van der Waals surface area (Å²) >= 11 is 10.3. The number of alkyl halides is 1. The molecule has 92 valence electrons. The number of nitrogens with zero attached hydrogens (tertiary/aromatic N) is 1. The van der Waals surface area contributed by atoms with Gasteiger partial charge in [-0.2, -0.15) is 4.31 Å². The monoisotopic (exact) mass is 345 g/mol. The molecule has 7 heteroatoms. The molecule has 0 aliphatic carbocycles. The molecule has 3 nitrogen and oxygen atoms in total. The minimum Gasteiger partial charge on any atom is -0.207 e. The lowest BCUT2D eigenvalue weighted by Gasteiger charge is -2.17. The van der Waals surface area contributed by atoms with Crippen LogP contribution in [-0.4, -0.2) is 25.8 Å². The Hall–Kier alpha value is 0.380. The van der Waals surface area contributed by atoms with Crippen molar-refractivity contribution in [1.29, 1.82) is 0 Å². The van der Waals surface area contributed by atoms with Gasteiger partial charge in [0.1, 0.15) is 4.90 Å². The Morgan fingerprint density at radius 2 is 2.00 bits per heavy atom. The Morgan fingerprint density at radius 1 is 1.44 bits per heavy atom. The molecule has 0 unspecified atom stereocenters. The van der Waals surface area contributed by atoms with Crippen LogP contribution in [-0.2, 0) is 15.9 Å². The van der Waals surface area contributed by atoms with E-state index in [-0.39, 0.29) is 0 Å². The maximum absolute atomic E-state index is 12.2. The van der Waals surface area contributed by atoms with Gasteiger partial charge in [-0.1, -0.05) is 13.8 Å². The topological polar surface area (TPSA) is 37.4 Å². The zero-order valence-electron chi connectivity index (χ0n) is 9.03. The van der Waals surface area contributed by atoms with Gasteiger partial charge in [0.05, 0.1) is 9.67 Å². The quantitative estimate of drug-likeness (QED) is 0.767. The maximum Gasteiger partial charge on any atom is 0.245 e. The van der Waals surface area contributed by atoms with Crippen molar-refractivity contribution in [2.24, 2.45) is 0 Å². The van der Waals surface area contributed by atoms with Gasteiger partial charge in [0.15, 0.2) is 0 Å². The van der Waals surface area contributed by atoms with Crippen LogP contribution in [0.15, 0.2) is 14.7 Å². The lowest BCUT2D eigenvalue weighted by Crippen LogP contribution is -2.30. The second-order valence-corrected chi connectivity index (χ2v) is 7.70. The first-order chi connectivity index (χ1) is 7.47. The minimum atomic E-state index is -3.38. The third kappa shape index (κ3) is 2.79. The fourth-order valence-electron chi connectivity index (χ4n) is 1.34. The first-order valence-electron chi connectivity index (χ1n) is 4.81. The molecule has 0 fully saturated rings.